The Kier molecular flexibility index (Phi) is 2.20. The van der Waals surface area contributed by atoms with Gasteiger partial charge in [-0.15, -0.1) is 5.10 Å². The molecule has 5 heteroatoms. The van der Waals surface area contributed by atoms with Gasteiger partial charge in [-0.05, 0) is 0 Å². The number of hydrogen-bond acceptors (Lipinski definition) is 3. The minimum absolute atomic E-state index is 0.260. The lowest BCUT2D eigenvalue weighted by Crippen LogP contribution is -1.99. The first-order valence-corrected chi connectivity index (χ1v) is 3.36. The summed E-state index contributed by atoms with van der Waals surface area (Å²) in [6, 6.07) is 0. The molecule has 0 spiro atoms. The molecule has 1 rings (SSSR count). The van der Waals surface area contributed by atoms with Gasteiger partial charge >= 0.3 is 0 Å². The minimum atomic E-state index is 0.260. The highest BCUT2D eigenvalue weighted by Gasteiger charge is 2.09. The van der Waals surface area contributed by atoms with Gasteiger partial charge in [0.1, 0.15) is 5.69 Å². The molecule has 0 atom stereocenters. The molecule has 0 radical (unpaired) electrons. The van der Waals surface area contributed by atoms with Gasteiger partial charge in [0, 0.05) is 5.92 Å². The number of carbonyl (C=O) groups is 1. The zero-order valence-corrected chi connectivity index (χ0v) is 6.46. The molecule has 1 amide bonds. The second-order valence-corrected chi connectivity index (χ2v) is 2.47. The van der Waals surface area contributed by atoms with Crippen LogP contribution in [0.2, 0.25) is 0 Å². The number of rotatable bonds is 3. The lowest BCUT2D eigenvalue weighted by molar-refractivity contribution is -0.105. The Balaban J connectivity index is 2.86. The molecule has 0 saturated carbocycles. The average Bonchev–Trinajstić information content (AvgIpc) is 2.36. The number of nitrogens with zero attached hydrogens (tertiary/aromatic N) is 2. The van der Waals surface area contributed by atoms with Crippen LogP contribution >= 0.6 is 0 Å². The summed E-state index contributed by atoms with van der Waals surface area (Å²) in [5.74, 6) is 0.770. The standard InChI is InChI=1S/C6H10N4O/c1-4(2)5-6(7-3-11)9-10-8-5/h3-4H,1-2H3,(H2,7,8,9,10,11). The Hall–Kier alpha value is -1.39. The molecule has 0 aliphatic rings. The minimum Gasteiger partial charge on any atom is -0.310 e. The Morgan fingerprint density at radius 2 is 2.27 bits per heavy atom. The van der Waals surface area contributed by atoms with E-state index in [9.17, 15) is 4.79 Å². The van der Waals surface area contributed by atoms with Crippen LogP contribution < -0.4 is 5.32 Å². The normalized spacial score (nSPS) is 10.1. The summed E-state index contributed by atoms with van der Waals surface area (Å²) in [6.45, 7) is 3.96. The molecule has 0 aliphatic heterocycles. The third-order valence-electron chi connectivity index (χ3n) is 1.32. The van der Waals surface area contributed by atoms with Crippen LogP contribution in [0.4, 0.5) is 5.82 Å². The van der Waals surface area contributed by atoms with E-state index in [1.54, 1.807) is 0 Å². The van der Waals surface area contributed by atoms with Gasteiger partial charge < -0.3 is 5.32 Å². The van der Waals surface area contributed by atoms with E-state index < -0.39 is 0 Å². The molecule has 2 N–H and O–H groups in total. The van der Waals surface area contributed by atoms with E-state index >= 15 is 0 Å². The van der Waals surface area contributed by atoms with Crippen LogP contribution in [-0.4, -0.2) is 21.8 Å². The Bertz CT molecular complexity index is 242. The first-order valence-electron chi connectivity index (χ1n) is 3.36. The molecule has 0 fully saturated rings. The highest BCUT2D eigenvalue weighted by Crippen LogP contribution is 2.17. The lowest BCUT2D eigenvalue weighted by atomic mass is 10.1. The summed E-state index contributed by atoms with van der Waals surface area (Å²) in [5, 5.41) is 12.5. The fourth-order valence-electron chi connectivity index (χ4n) is 0.804. The van der Waals surface area contributed by atoms with E-state index in [2.05, 4.69) is 20.7 Å². The van der Waals surface area contributed by atoms with E-state index in [1.807, 2.05) is 13.8 Å². The van der Waals surface area contributed by atoms with Crippen molar-refractivity contribution < 1.29 is 4.79 Å². The molecule has 0 bridgehead atoms. The van der Waals surface area contributed by atoms with Gasteiger partial charge in [0.05, 0.1) is 0 Å². The fourth-order valence-corrected chi connectivity index (χ4v) is 0.804. The fraction of sp³-hybridized carbons (Fsp3) is 0.500. The quantitative estimate of drug-likeness (QED) is 0.622. The molecular weight excluding hydrogens is 144 g/mol. The van der Waals surface area contributed by atoms with Crippen molar-refractivity contribution in [2.45, 2.75) is 19.8 Å². The first-order chi connectivity index (χ1) is 5.25. The molecule has 1 aromatic rings. The monoisotopic (exact) mass is 154 g/mol. The van der Waals surface area contributed by atoms with Crippen LogP contribution in [0.15, 0.2) is 0 Å². The predicted molar refractivity (Wildman–Crippen MR) is 40.2 cm³/mol. The molecular formula is C6H10N4O. The zero-order valence-electron chi connectivity index (χ0n) is 6.46. The summed E-state index contributed by atoms with van der Waals surface area (Å²) in [7, 11) is 0. The Morgan fingerprint density at radius 3 is 2.82 bits per heavy atom. The van der Waals surface area contributed by atoms with Gasteiger partial charge in [-0.3, -0.25) is 4.79 Å². The van der Waals surface area contributed by atoms with Crippen LogP contribution in [0.25, 0.3) is 0 Å². The summed E-state index contributed by atoms with van der Waals surface area (Å²) in [5.41, 5.74) is 0.775. The van der Waals surface area contributed by atoms with Crippen LogP contribution in [-0.2, 0) is 4.79 Å². The molecule has 0 aliphatic carbocycles. The maximum Gasteiger partial charge on any atom is 0.212 e. The Labute approximate surface area is 64.2 Å². The molecule has 1 aromatic heterocycles. The largest absolute Gasteiger partial charge is 0.310 e. The lowest BCUT2D eigenvalue weighted by Gasteiger charge is -1.99. The van der Waals surface area contributed by atoms with Gasteiger partial charge in [-0.25, -0.2) is 0 Å². The predicted octanol–water partition coefficient (Wildman–Crippen LogP) is 0.496. The van der Waals surface area contributed by atoms with Crippen LogP contribution in [0.5, 0.6) is 0 Å². The topological polar surface area (TPSA) is 70.7 Å². The van der Waals surface area contributed by atoms with Crippen molar-refractivity contribution in [3.63, 3.8) is 0 Å². The van der Waals surface area contributed by atoms with E-state index in [4.69, 9.17) is 0 Å². The highest BCUT2D eigenvalue weighted by atomic mass is 16.1. The third-order valence-corrected chi connectivity index (χ3v) is 1.32. The molecule has 0 unspecified atom stereocenters. The summed E-state index contributed by atoms with van der Waals surface area (Å²) < 4.78 is 0. The van der Waals surface area contributed by atoms with Crippen molar-refractivity contribution in [3.8, 4) is 0 Å². The first kappa shape index (κ1) is 7.71. The zero-order chi connectivity index (χ0) is 8.27. The van der Waals surface area contributed by atoms with Crippen molar-refractivity contribution in [1.82, 2.24) is 15.4 Å². The Morgan fingerprint density at radius 1 is 1.55 bits per heavy atom. The van der Waals surface area contributed by atoms with Gasteiger partial charge in [-0.2, -0.15) is 10.3 Å². The van der Waals surface area contributed by atoms with Crippen molar-refractivity contribution >= 4 is 12.2 Å². The molecule has 11 heavy (non-hydrogen) atoms. The maximum atomic E-state index is 10.1. The molecule has 0 saturated heterocycles. The van der Waals surface area contributed by atoms with Gasteiger partial charge in [0.15, 0.2) is 5.82 Å². The van der Waals surface area contributed by atoms with E-state index in [-0.39, 0.29) is 5.92 Å². The van der Waals surface area contributed by atoms with Crippen molar-refractivity contribution in [3.05, 3.63) is 5.69 Å². The van der Waals surface area contributed by atoms with Crippen molar-refractivity contribution in [1.29, 1.82) is 0 Å². The van der Waals surface area contributed by atoms with Crippen molar-refractivity contribution in [2.75, 3.05) is 5.32 Å². The summed E-state index contributed by atoms with van der Waals surface area (Å²) in [4.78, 5) is 10.1. The van der Waals surface area contributed by atoms with Gasteiger partial charge in [0.25, 0.3) is 0 Å². The number of nitrogens with one attached hydrogen (secondary N) is 2. The van der Waals surface area contributed by atoms with E-state index in [0.717, 1.165) is 5.69 Å². The second-order valence-electron chi connectivity index (χ2n) is 2.47. The number of hydrogen-bond donors (Lipinski definition) is 2. The number of aromatic amines is 1. The van der Waals surface area contributed by atoms with E-state index in [1.165, 1.54) is 0 Å². The van der Waals surface area contributed by atoms with E-state index in [0.29, 0.717) is 12.2 Å². The smallest absolute Gasteiger partial charge is 0.212 e. The molecule has 0 aromatic carbocycles. The van der Waals surface area contributed by atoms with Gasteiger partial charge in [0.2, 0.25) is 6.41 Å². The van der Waals surface area contributed by atoms with Crippen LogP contribution in [0.1, 0.15) is 25.5 Å². The van der Waals surface area contributed by atoms with Crippen LogP contribution in [0.3, 0.4) is 0 Å². The molecule has 1 heterocycles. The number of carbonyl (C=O) groups excluding carboxylic acids is 1. The summed E-state index contributed by atoms with van der Waals surface area (Å²) >= 11 is 0. The van der Waals surface area contributed by atoms with Crippen LogP contribution in [0, 0.1) is 0 Å². The molecule has 5 nitrogen and oxygen atoms in total. The maximum absolute atomic E-state index is 10.1. The van der Waals surface area contributed by atoms with Gasteiger partial charge in [-0.1, -0.05) is 13.8 Å². The number of H-pyrrole nitrogens is 1. The number of anilines is 1. The SMILES string of the molecule is CC(C)c1n[nH]nc1NC=O. The summed E-state index contributed by atoms with van der Waals surface area (Å²) in [6.07, 6.45) is 0.587. The highest BCUT2D eigenvalue weighted by molar-refractivity contribution is 5.69. The average molecular weight is 154 g/mol. The number of aromatic nitrogens is 3. The second kappa shape index (κ2) is 3.14. The number of amides is 1. The van der Waals surface area contributed by atoms with Crippen molar-refractivity contribution in [2.24, 2.45) is 0 Å². The third kappa shape index (κ3) is 1.54. The molecule has 60 valence electrons.